The predicted molar refractivity (Wildman–Crippen MR) is 138 cm³/mol. The largest absolute Gasteiger partial charge is 1.00 e. The van der Waals surface area contributed by atoms with Crippen molar-refractivity contribution in [2.75, 3.05) is 23.5 Å². The summed E-state index contributed by atoms with van der Waals surface area (Å²) in [7, 11) is 1.56. The first-order chi connectivity index (χ1) is 18.6. The van der Waals surface area contributed by atoms with Crippen molar-refractivity contribution in [2.24, 2.45) is 0 Å². The van der Waals surface area contributed by atoms with Crippen molar-refractivity contribution in [1.29, 1.82) is 0 Å². The molecule has 0 spiro atoms. The number of hydrogen-bond donors (Lipinski definition) is 3. The summed E-state index contributed by atoms with van der Waals surface area (Å²) in [6.45, 7) is 0. The first-order valence-corrected chi connectivity index (χ1v) is 11.4. The lowest BCUT2D eigenvalue weighted by Gasteiger charge is -2.12. The second-order valence-electron chi connectivity index (χ2n) is 8.32. The number of methoxy groups -OCH3 is 1. The number of benzene rings is 3. The Bertz CT molecular complexity index is 1670. The minimum atomic E-state index is -4.69. The first kappa shape index (κ1) is 28.2. The van der Waals surface area contributed by atoms with Crippen LogP contribution in [0.5, 0.6) is 5.75 Å². The number of hydrogen-bond acceptors (Lipinski definition) is 6. The molecule has 5 aromatic rings. The number of nitrogens with zero attached hydrogens (tertiary/aromatic N) is 2. The minimum Gasteiger partial charge on any atom is -1.00 e. The molecule has 0 aliphatic heterocycles. The van der Waals surface area contributed by atoms with Crippen molar-refractivity contribution < 1.29 is 43.9 Å². The smallest absolute Gasteiger partial charge is 0.416 e. The molecule has 0 fully saturated rings. The van der Waals surface area contributed by atoms with Gasteiger partial charge in [0.05, 0.1) is 23.7 Å². The molecular weight excluding hydrogens is 554 g/mol. The Hall–Kier alpha value is -4.84. The highest BCUT2D eigenvalue weighted by molar-refractivity contribution is 6.06. The van der Waals surface area contributed by atoms with Crippen molar-refractivity contribution >= 4 is 34.3 Å². The highest BCUT2D eigenvalue weighted by atomic mass is 35.5. The molecule has 0 unspecified atom stereocenters. The lowest BCUT2D eigenvalue weighted by atomic mass is 9.99. The lowest BCUT2D eigenvalue weighted by Crippen LogP contribution is -3.00. The van der Waals surface area contributed by atoms with Crippen molar-refractivity contribution in [1.82, 2.24) is 9.97 Å². The predicted octanol–water partition coefficient (Wildman–Crippen LogP) is 3.95. The number of ether oxygens (including phenoxy) is 1. The Labute approximate surface area is 230 Å². The molecule has 2 aromatic heterocycles. The number of alkyl halides is 3. The Balaban J connectivity index is 0.00000370. The van der Waals surface area contributed by atoms with E-state index in [1.54, 1.807) is 43.5 Å². The van der Waals surface area contributed by atoms with E-state index < -0.39 is 29.3 Å². The average molecular weight is 573 g/mol. The number of fused-ring (bicyclic) bond motifs is 1. The molecule has 2 amide bonds. The van der Waals surface area contributed by atoms with E-state index in [-0.39, 0.29) is 23.9 Å². The van der Waals surface area contributed by atoms with Gasteiger partial charge in [-0.05, 0) is 60.2 Å². The van der Waals surface area contributed by atoms with Gasteiger partial charge >= 0.3 is 12.2 Å². The van der Waals surface area contributed by atoms with Gasteiger partial charge in [0.1, 0.15) is 29.5 Å². The quantitative estimate of drug-likeness (QED) is 0.275. The summed E-state index contributed by atoms with van der Waals surface area (Å²) >= 11 is 0. The number of anilines is 3. The van der Waals surface area contributed by atoms with E-state index in [0.29, 0.717) is 51.9 Å². The number of urea groups is 1. The van der Waals surface area contributed by atoms with E-state index >= 15 is 0 Å². The number of carbonyl (C=O) groups excluding carboxylic acids is 1. The van der Waals surface area contributed by atoms with Gasteiger partial charge in [0.15, 0.2) is 0 Å². The maximum absolute atomic E-state index is 14.0. The second kappa shape index (κ2) is 11.1. The van der Waals surface area contributed by atoms with Crippen molar-refractivity contribution in [3.63, 3.8) is 0 Å². The number of nitrogens with two attached hydrogens (primary N) is 1. The number of halogens is 5. The van der Waals surface area contributed by atoms with Gasteiger partial charge in [-0.25, -0.2) is 19.2 Å². The molecule has 0 bridgehead atoms. The summed E-state index contributed by atoms with van der Waals surface area (Å²) in [5.74, 6) is 0.349. The molecule has 206 valence electrons. The number of carbonyl (C=O) groups is 1. The highest BCUT2D eigenvalue weighted by Crippen LogP contribution is 2.42. The van der Waals surface area contributed by atoms with Gasteiger partial charge < -0.3 is 37.9 Å². The fourth-order valence-electron chi connectivity index (χ4n) is 3.98. The van der Waals surface area contributed by atoms with Gasteiger partial charge in [0.2, 0.25) is 5.71 Å². The Kier molecular flexibility index (Phi) is 7.82. The first-order valence-electron chi connectivity index (χ1n) is 11.4. The van der Waals surface area contributed by atoms with E-state index in [1.165, 1.54) is 6.33 Å². The Morgan fingerprint density at radius 2 is 1.62 bits per heavy atom. The van der Waals surface area contributed by atoms with Crippen LogP contribution in [0, 0.1) is 5.82 Å². The third-order valence-corrected chi connectivity index (χ3v) is 5.84. The van der Waals surface area contributed by atoms with E-state index in [2.05, 4.69) is 20.6 Å². The molecular formula is C27H19ClF4N5O3-. The topological polar surface area (TPSA) is 115 Å². The zero-order valence-electron chi connectivity index (χ0n) is 20.5. The average Bonchev–Trinajstić information content (AvgIpc) is 3.31. The van der Waals surface area contributed by atoms with Gasteiger partial charge in [0, 0.05) is 16.8 Å². The molecule has 2 heterocycles. The number of rotatable bonds is 5. The molecule has 0 radical (unpaired) electrons. The van der Waals surface area contributed by atoms with E-state index in [0.717, 1.165) is 5.56 Å². The number of nitrogen functional groups attached to an aromatic ring is 1. The maximum atomic E-state index is 14.0. The Morgan fingerprint density at radius 3 is 2.27 bits per heavy atom. The van der Waals surface area contributed by atoms with Crippen LogP contribution in [0.25, 0.3) is 33.6 Å². The molecule has 4 N–H and O–H groups in total. The second-order valence-corrected chi connectivity index (χ2v) is 8.32. The number of furan rings is 1. The Morgan fingerprint density at radius 1 is 0.950 bits per heavy atom. The van der Waals surface area contributed by atoms with E-state index in [4.69, 9.17) is 14.9 Å². The summed E-state index contributed by atoms with van der Waals surface area (Å²) in [5, 5.41) is 5.07. The molecule has 3 aromatic carbocycles. The standard InChI is InChI=1S/C27H19F4N5O3.ClH/c1-38-18-9-4-15(5-10-18)23-21(22-24(32)33-13-34-25(22)39-23)14-2-7-17(8-3-14)35-26(37)36-20-12-16(27(29,30)31)6-11-19(20)28;/h2-13H,1H3,(H2,32,33,34)(H2,35,36,37);1H/p-1. The van der Waals surface area contributed by atoms with Crippen LogP contribution >= 0.6 is 0 Å². The third kappa shape index (κ3) is 5.61. The van der Waals surface area contributed by atoms with Crippen LogP contribution in [0.3, 0.4) is 0 Å². The zero-order chi connectivity index (χ0) is 27.7. The molecule has 0 saturated carbocycles. The van der Waals surface area contributed by atoms with Crippen molar-refractivity contribution in [2.45, 2.75) is 6.18 Å². The van der Waals surface area contributed by atoms with Crippen LogP contribution < -0.4 is 33.5 Å². The molecule has 5 rings (SSSR count). The fraction of sp³-hybridized carbons (Fsp3) is 0.0741. The van der Waals surface area contributed by atoms with E-state index in [9.17, 15) is 22.4 Å². The van der Waals surface area contributed by atoms with Gasteiger partial charge in [-0.2, -0.15) is 13.2 Å². The molecule has 0 atom stereocenters. The molecule has 13 heteroatoms. The minimum absolute atomic E-state index is 0. The van der Waals surface area contributed by atoms with Crippen LogP contribution in [0.2, 0.25) is 0 Å². The fourth-order valence-corrected chi connectivity index (χ4v) is 3.98. The van der Waals surface area contributed by atoms with Crippen LogP contribution in [-0.4, -0.2) is 23.1 Å². The van der Waals surface area contributed by atoms with Gasteiger partial charge in [-0.3, -0.25) is 0 Å². The monoisotopic (exact) mass is 572 g/mol. The molecule has 0 aliphatic carbocycles. The summed E-state index contributed by atoms with van der Waals surface area (Å²) < 4.78 is 64.1. The molecule has 40 heavy (non-hydrogen) atoms. The summed E-state index contributed by atoms with van der Waals surface area (Å²) in [5.41, 5.74) is 7.05. The van der Waals surface area contributed by atoms with Crippen LogP contribution in [0.1, 0.15) is 5.56 Å². The number of aromatic nitrogens is 2. The van der Waals surface area contributed by atoms with Crippen LogP contribution in [-0.2, 0) is 6.18 Å². The van der Waals surface area contributed by atoms with E-state index in [1.807, 2.05) is 12.1 Å². The van der Waals surface area contributed by atoms with Gasteiger partial charge in [-0.15, -0.1) is 0 Å². The highest BCUT2D eigenvalue weighted by Gasteiger charge is 2.31. The van der Waals surface area contributed by atoms with Crippen molar-refractivity contribution in [3.8, 4) is 28.2 Å². The van der Waals surface area contributed by atoms with Gasteiger partial charge in [-0.1, -0.05) is 12.1 Å². The number of amides is 2. The summed E-state index contributed by atoms with van der Waals surface area (Å²) in [6, 6.07) is 14.5. The van der Waals surface area contributed by atoms with Crippen LogP contribution in [0.4, 0.5) is 39.5 Å². The lowest BCUT2D eigenvalue weighted by molar-refractivity contribution is -0.137. The third-order valence-electron chi connectivity index (χ3n) is 5.84. The summed E-state index contributed by atoms with van der Waals surface area (Å²) in [4.78, 5) is 20.6. The van der Waals surface area contributed by atoms with Gasteiger partial charge in [0.25, 0.3) is 0 Å². The molecule has 0 aliphatic rings. The SMILES string of the molecule is COc1ccc(-c2oc3ncnc(N)c3c2-c2ccc(NC(=O)Nc3cc(C(F)(F)F)ccc3F)cc2)cc1.[Cl-]. The van der Waals surface area contributed by atoms with Crippen LogP contribution in [0.15, 0.2) is 77.5 Å². The maximum Gasteiger partial charge on any atom is 0.416 e. The molecule has 0 saturated heterocycles. The molecule has 8 nitrogen and oxygen atoms in total. The zero-order valence-corrected chi connectivity index (χ0v) is 21.3. The van der Waals surface area contributed by atoms with Crippen molar-refractivity contribution in [3.05, 3.63) is 84.4 Å². The normalized spacial score (nSPS) is 11.1. The summed E-state index contributed by atoms with van der Waals surface area (Å²) in [6.07, 6.45) is -3.39. The number of nitrogens with one attached hydrogen (secondary N) is 2.